The molecule has 1 saturated heterocycles. The van der Waals surface area contributed by atoms with Gasteiger partial charge in [-0.05, 0) is 32.2 Å². The molecule has 2 fully saturated rings. The van der Waals surface area contributed by atoms with Gasteiger partial charge in [-0.15, -0.1) is 0 Å². The van der Waals surface area contributed by atoms with E-state index < -0.39 is 0 Å². The van der Waals surface area contributed by atoms with Gasteiger partial charge in [-0.3, -0.25) is 4.90 Å². The van der Waals surface area contributed by atoms with Gasteiger partial charge in [0.15, 0.2) is 0 Å². The van der Waals surface area contributed by atoms with Crippen molar-refractivity contribution in [2.75, 3.05) is 46.6 Å². The Balaban J connectivity index is 1.86. The summed E-state index contributed by atoms with van der Waals surface area (Å²) in [5.74, 6) is 1.54. The molecule has 1 aliphatic heterocycles. The Labute approximate surface area is 117 Å². The summed E-state index contributed by atoms with van der Waals surface area (Å²) >= 11 is 0. The van der Waals surface area contributed by atoms with Crippen LogP contribution in [0, 0.1) is 11.8 Å². The predicted molar refractivity (Wildman–Crippen MR) is 77.4 cm³/mol. The van der Waals surface area contributed by atoms with Gasteiger partial charge in [-0.25, -0.2) is 0 Å². The molecule has 0 aromatic heterocycles. The molecule has 4 heteroatoms. The Morgan fingerprint density at radius 2 is 2.16 bits per heavy atom. The lowest BCUT2D eigenvalue weighted by Gasteiger charge is -2.32. The third-order valence-corrected chi connectivity index (χ3v) is 4.60. The summed E-state index contributed by atoms with van der Waals surface area (Å²) in [6.45, 7) is 10.4. The smallest absolute Gasteiger partial charge is 0.0623 e. The average Bonchev–Trinajstić information content (AvgIpc) is 3.17. The first-order valence-corrected chi connectivity index (χ1v) is 7.80. The van der Waals surface area contributed by atoms with Crippen LogP contribution in [0.25, 0.3) is 0 Å². The standard InChI is InChI=1S/C15H30N2O2/c1-4-16-15-11-19-10-14(15)9-17(7-8-18-3)12(2)13-5-6-13/h12-16H,4-11H2,1-3H3. The zero-order chi connectivity index (χ0) is 13.7. The SMILES string of the molecule is CCNC1COCC1CN(CCOC)C(C)C1CC1. The van der Waals surface area contributed by atoms with Crippen molar-refractivity contribution in [2.24, 2.45) is 11.8 Å². The van der Waals surface area contributed by atoms with Crippen LogP contribution in [0.2, 0.25) is 0 Å². The molecule has 1 heterocycles. The van der Waals surface area contributed by atoms with Crippen LogP contribution in [0.3, 0.4) is 0 Å². The monoisotopic (exact) mass is 270 g/mol. The van der Waals surface area contributed by atoms with E-state index in [2.05, 4.69) is 24.1 Å². The highest BCUT2D eigenvalue weighted by molar-refractivity contribution is 4.89. The number of ether oxygens (including phenoxy) is 2. The second-order valence-corrected chi connectivity index (χ2v) is 6.03. The van der Waals surface area contributed by atoms with Crippen molar-refractivity contribution in [3.05, 3.63) is 0 Å². The lowest BCUT2D eigenvalue weighted by molar-refractivity contribution is 0.0957. The number of nitrogens with zero attached hydrogens (tertiary/aromatic N) is 1. The fraction of sp³-hybridized carbons (Fsp3) is 1.00. The molecule has 0 aromatic carbocycles. The van der Waals surface area contributed by atoms with Gasteiger partial charge in [-0.1, -0.05) is 6.92 Å². The summed E-state index contributed by atoms with van der Waals surface area (Å²) < 4.78 is 10.9. The molecule has 1 saturated carbocycles. The van der Waals surface area contributed by atoms with E-state index >= 15 is 0 Å². The Morgan fingerprint density at radius 1 is 1.37 bits per heavy atom. The molecule has 0 radical (unpaired) electrons. The molecular formula is C15H30N2O2. The molecule has 2 rings (SSSR count). The van der Waals surface area contributed by atoms with E-state index in [4.69, 9.17) is 9.47 Å². The summed E-state index contributed by atoms with van der Waals surface area (Å²) in [5.41, 5.74) is 0. The van der Waals surface area contributed by atoms with Crippen LogP contribution in [-0.4, -0.2) is 63.5 Å². The van der Waals surface area contributed by atoms with Crippen LogP contribution in [-0.2, 0) is 9.47 Å². The quantitative estimate of drug-likeness (QED) is 0.686. The van der Waals surface area contributed by atoms with Gasteiger partial charge in [0.05, 0.1) is 19.8 Å². The third kappa shape index (κ3) is 4.42. The maximum atomic E-state index is 5.66. The average molecular weight is 270 g/mol. The lowest BCUT2D eigenvalue weighted by atomic mass is 10.0. The molecule has 1 aliphatic carbocycles. The van der Waals surface area contributed by atoms with Gasteiger partial charge >= 0.3 is 0 Å². The van der Waals surface area contributed by atoms with Crippen molar-refractivity contribution < 1.29 is 9.47 Å². The number of hydrogen-bond donors (Lipinski definition) is 1. The van der Waals surface area contributed by atoms with Crippen LogP contribution in [0.5, 0.6) is 0 Å². The molecular weight excluding hydrogens is 240 g/mol. The fourth-order valence-electron chi connectivity index (χ4n) is 3.11. The number of rotatable bonds is 9. The topological polar surface area (TPSA) is 33.7 Å². The zero-order valence-electron chi connectivity index (χ0n) is 12.7. The van der Waals surface area contributed by atoms with Crippen molar-refractivity contribution in [3.63, 3.8) is 0 Å². The van der Waals surface area contributed by atoms with Gasteiger partial charge < -0.3 is 14.8 Å². The number of nitrogens with one attached hydrogen (secondary N) is 1. The molecule has 0 amide bonds. The van der Waals surface area contributed by atoms with Crippen LogP contribution >= 0.6 is 0 Å². The van der Waals surface area contributed by atoms with Crippen LogP contribution < -0.4 is 5.32 Å². The molecule has 0 spiro atoms. The van der Waals surface area contributed by atoms with E-state index in [9.17, 15) is 0 Å². The van der Waals surface area contributed by atoms with Gasteiger partial charge in [0.25, 0.3) is 0 Å². The summed E-state index contributed by atoms with van der Waals surface area (Å²) in [4.78, 5) is 2.62. The Hall–Kier alpha value is -0.160. The summed E-state index contributed by atoms with van der Waals surface area (Å²) in [6.07, 6.45) is 2.81. The van der Waals surface area contributed by atoms with Gasteiger partial charge in [0.2, 0.25) is 0 Å². The molecule has 4 nitrogen and oxygen atoms in total. The van der Waals surface area contributed by atoms with Crippen LogP contribution in [0.4, 0.5) is 0 Å². The van der Waals surface area contributed by atoms with E-state index in [1.807, 2.05) is 0 Å². The minimum absolute atomic E-state index is 0.529. The molecule has 3 unspecified atom stereocenters. The summed E-state index contributed by atoms with van der Waals surface area (Å²) in [6, 6.07) is 1.22. The Kier molecular flexibility index (Phi) is 6.07. The molecule has 19 heavy (non-hydrogen) atoms. The first kappa shape index (κ1) is 15.2. The summed E-state index contributed by atoms with van der Waals surface area (Å²) in [7, 11) is 1.79. The van der Waals surface area contributed by atoms with Crippen molar-refractivity contribution in [2.45, 2.75) is 38.8 Å². The Bertz CT molecular complexity index is 259. The van der Waals surface area contributed by atoms with Crippen LogP contribution in [0.1, 0.15) is 26.7 Å². The van der Waals surface area contributed by atoms with Gasteiger partial charge in [0, 0.05) is 38.2 Å². The predicted octanol–water partition coefficient (Wildman–Crippen LogP) is 1.36. The van der Waals surface area contributed by atoms with Gasteiger partial charge in [0.1, 0.15) is 0 Å². The lowest BCUT2D eigenvalue weighted by Crippen LogP contribution is -2.46. The second-order valence-electron chi connectivity index (χ2n) is 6.03. The normalized spacial score (nSPS) is 29.1. The first-order chi connectivity index (χ1) is 9.26. The molecule has 2 aliphatic rings. The maximum Gasteiger partial charge on any atom is 0.0623 e. The largest absolute Gasteiger partial charge is 0.383 e. The molecule has 0 bridgehead atoms. The minimum atomic E-state index is 0.529. The number of hydrogen-bond acceptors (Lipinski definition) is 4. The highest BCUT2D eigenvalue weighted by atomic mass is 16.5. The number of likely N-dealkylation sites (N-methyl/N-ethyl adjacent to an activating group) is 1. The highest BCUT2D eigenvalue weighted by Crippen LogP contribution is 2.35. The zero-order valence-corrected chi connectivity index (χ0v) is 12.7. The first-order valence-electron chi connectivity index (χ1n) is 7.80. The van der Waals surface area contributed by atoms with E-state index in [0.29, 0.717) is 18.0 Å². The van der Waals surface area contributed by atoms with Crippen molar-refractivity contribution >= 4 is 0 Å². The van der Waals surface area contributed by atoms with E-state index in [-0.39, 0.29) is 0 Å². The van der Waals surface area contributed by atoms with Crippen molar-refractivity contribution in [1.29, 1.82) is 0 Å². The van der Waals surface area contributed by atoms with E-state index in [1.165, 1.54) is 12.8 Å². The minimum Gasteiger partial charge on any atom is -0.383 e. The molecule has 112 valence electrons. The highest BCUT2D eigenvalue weighted by Gasteiger charge is 2.35. The van der Waals surface area contributed by atoms with Crippen molar-refractivity contribution in [1.82, 2.24) is 10.2 Å². The van der Waals surface area contributed by atoms with Crippen LogP contribution in [0.15, 0.2) is 0 Å². The maximum absolute atomic E-state index is 5.66. The van der Waals surface area contributed by atoms with E-state index in [1.54, 1.807) is 7.11 Å². The third-order valence-electron chi connectivity index (χ3n) is 4.60. The molecule has 3 atom stereocenters. The number of methoxy groups -OCH3 is 1. The Morgan fingerprint density at radius 3 is 2.79 bits per heavy atom. The summed E-state index contributed by atoms with van der Waals surface area (Å²) in [5, 5.41) is 3.56. The van der Waals surface area contributed by atoms with E-state index in [0.717, 1.165) is 45.4 Å². The molecule has 1 N–H and O–H groups in total. The molecule has 0 aromatic rings. The fourth-order valence-corrected chi connectivity index (χ4v) is 3.11. The van der Waals surface area contributed by atoms with Crippen molar-refractivity contribution in [3.8, 4) is 0 Å². The van der Waals surface area contributed by atoms with Gasteiger partial charge in [-0.2, -0.15) is 0 Å². The second kappa shape index (κ2) is 7.58.